The number of aliphatic hydroxyl groups excluding tert-OH is 1. The van der Waals surface area contributed by atoms with Crippen LogP contribution in [-0.4, -0.2) is 46.7 Å². The highest BCUT2D eigenvalue weighted by atomic mass is 16.5. The van der Waals surface area contributed by atoms with Gasteiger partial charge in [-0.05, 0) is 0 Å². The van der Waals surface area contributed by atoms with E-state index in [2.05, 4.69) is 15.0 Å². The highest BCUT2D eigenvalue weighted by molar-refractivity contribution is 5.95. The molecule has 1 heterocycles. The third kappa shape index (κ3) is 3.28. The van der Waals surface area contributed by atoms with E-state index in [1.165, 1.54) is 0 Å². The summed E-state index contributed by atoms with van der Waals surface area (Å²) in [6.45, 7) is -0.675. The van der Waals surface area contributed by atoms with Gasteiger partial charge in [0.05, 0.1) is 13.7 Å². The number of rotatable bonds is 4. The van der Waals surface area contributed by atoms with E-state index in [1.807, 2.05) is 4.98 Å². The summed E-state index contributed by atoms with van der Waals surface area (Å²) in [5.74, 6) is -1.74. The highest BCUT2D eigenvalue weighted by Gasteiger charge is 2.21. The minimum absolute atomic E-state index is 0.328. The van der Waals surface area contributed by atoms with Crippen LogP contribution in [-0.2, 0) is 9.53 Å². The van der Waals surface area contributed by atoms with Gasteiger partial charge in [0.1, 0.15) is 5.69 Å². The summed E-state index contributed by atoms with van der Waals surface area (Å²) in [5, 5.41) is 11.0. The predicted octanol–water partition coefficient (Wildman–Crippen LogP) is -2.67. The fourth-order valence-electron chi connectivity index (χ4n) is 1.15. The molecule has 1 amide bonds. The van der Waals surface area contributed by atoms with Crippen LogP contribution in [0.1, 0.15) is 10.5 Å². The monoisotopic (exact) mass is 257 g/mol. The third-order valence-electron chi connectivity index (χ3n) is 1.98. The Morgan fingerprint density at radius 3 is 2.61 bits per heavy atom. The standard InChI is InChI=1S/C9H11N3O6/c1-18-8(16)5(3-13)10-7(15)4-2-6(14)12-9(17)11-4/h2,5,13H,3H2,1H3,(H,10,15)(H2,11,12,14,17). The lowest BCUT2D eigenvalue weighted by molar-refractivity contribution is -0.143. The van der Waals surface area contributed by atoms with E-state index in [4.69, 9.17) is 5.11 Å². The largest absolute Gasteiger partial charge is 0.467 e. The van der Waals surface area contributed by atoms with Crippen molar-refractivity contribution in [1.82, 2.24) is 15.3 Å². The van der Waals surface area contributed by atoms with Crippen molar-refractivity contribution in [3.05, 3.63) is 32.6 Å². The Kier molecular flexibility index (Phi) is 4.38. The van der Waals surface area contributed by atoms with Gasteiger partial charge in [-0.3, -0.25) is 14.6 Å². The molecule has 0 aromatic carbocycles. The first-order valence-corrected chi connectivity index (χ1v) is 4.81. The van der Waals surface area contributed by atoms with Gasteiger partial charge in [-0.15, -0.1) is 0 Å². The predicted molar refractivity (Wildman–Crippen MR) is 58.0 cm³/mol. The summed E-state index contributed by atoms with van der Waals surface area (Å²) in [4.78, 5) is 48.5. The Morgan fingerprint density at radius 1 is 1.44 bits per heavy atom. The van der Waals surface area contributed by atoms with Crippen LogP contribution in [0.4, 0.5) is 0 Å². The third-order valence-corrected chi connectivity index (χ3v) is 1.98. The number of hydrogen-bond donors (Lipinski definition) is 4. The minimum atomic E-state index is -1.27. The first-order chi connectivity index (χ1) is 8.47. The van der Waals surface area contributed by atoms with Crippen molar-refractivity contribution in [2.75, 3.05) is 13.7 Å². The van der Waals surface area contributed by atoms with E-state index in [-0.39, 0.29) is 5.69 Å². The maximum absolute atomic E-state index is 11.6. The molecule has 1 unspecified atom stereocenters. The molecule has 18 heavy (non-hydrogen) atoms. The maximum atomic E-state index is 11.6. The lowest BCUT2D eigenvalue weighted by atomic mass is 10.3. The van der Waals surface area contributed by atoms with Crippen molar-refractivity contribution in [2.45, 2.75) is 6.04 Å². The minimum Gasteiger partial charge on any atom is -0.467 e. The van der Waals surface area contributed by atoms with Gasteiger partial charge in [-0.1, -0.05) is 0 Å². The van der Waals surface area contributed by atoms with Crippen LogP contribution in [0.5, 0.6) is 0 Å². The number of aliphatic hydroxyl groups is 1. The number of aromatic amines is 2. The summed E-state index contributed by atoms with van der Waals surface area (Å²) in [5.41, 5.74) is -1.94. The van der Waals surface area contributed by atoms with E-state index in [0.29, 0.717) is 0 Å². The van der Waals surface area contributed by atoms with Gasteiger partial charge in [0, 0.05) is 6.07 Å². The van der Waals surface area contributed by atoms with Crippen LogP contribution in [0.3, 0.4) is 0 Å². The second-order valence-electron chi connectivity index (χ2n) is 3.23. The van der Waals surface area contributed by atoms with Gasteiger partial charge in [-0.2, -0.15) is 0 Å². The van der Waals surface area contributed by atoms with Crippen molar-refractivity contribution in [3.8, 4) is 0 Å². The number of ether oxygens (including phenoxy) is 1. The Hall–Kier alpha value is -2.42. The molecule has 9 nitrogen and oxygen atoms in total. The van der Waals surface area contributed by atoms with E-state index >= 15 is 0 Å². The molecular formula is C9H11N3O6. The van der Waals surface area contributed by atoms with Crippen LogP contribution in [0.2, 0.25) is 0 Å². The van der Waals surface area contributed by atoms with Crippen molar-refractivity contribution < 1.29 is 19.4 Å². The van der Waals surface area contributed by atoms with Crippen LogP contribution < -0.4 is 16.6 Å². The molecule has 0 saturated heterocycles. The van der Waals surface area contributed by atoms with Gasteiger partial charge < -0.3 is 20.1 Å². The Balaban J connectivity index is 2.91. The zero-order chi connectivity index (χ0) is 13.7. The van der Waals surface area contributed by atoms with Crippen molar-refractivity contribution in [1.29, 1.82) is 0 Å². The van der Waals surface area contributed by atoms with E-state index in [1.54, 1.807) is 0 Å². The molecule has 0 aliphatic rings. The molecule has 0 aliphatic carbocycles. The molecule has 0 radical (unpaired) electrons. The molecule has 1 rings (SSSR count). The van der Waals surface area contributed by atoms with Gasteiger partial charge in [0.2, 0.25) is 0 Å². The summed E-state index contributed by atoms with van der Waals surface area (Å²) in [6, 6.07) is -0.423. The average Bonchev–Trinajstić information content (AvgIpc) is 2.33. The molecule has 1 atom stereocenters. The number of amides is 1. The average molecular weight is 257 g/mol. The number of nitrogens with one attached hydrogen (secondary N) is 3. The number of carbonyl (C=O) groups excluding carboxylic acids is 2. The molecule has 9 heteroatoms. The topological polar surface area (TPSA) is 141 Å². The van der Waals surface area contributed by atoms with Gasteiger partial charge in [0.25, 0.3) is 11.5 Å². The number of aromatic nitrogens is 2. The Morgan fingerprint density at radius 2 is 2.11 bits per heavy atom. The van der Waals surface area contributed by atoms with Crippen LogP contribution in [0.15, 0.2) is 15.7 Å². The second kappa shape index (κ2) is 5.77. The number of carbonyl (C=O) groups is 2. The van der Waals surface area contributed by atoms with Crippen LogP contribution >= 0.6 is 0 Å². The molecule has 4 N–H and O–H groups in total. The molecular weight excluding hydrogens is 246 g/mol. The van der Waals surface area contributed by atoms with Crippen molar-refractivity contribution in [2.24, 2.45) is 0 Å². The lowest BCUT2D eigenvalue weighted by Gasteiger charge is -2.13. The summed E-state index contributed by atoms with van der Waals surface area (Å²) < 4.78 is 4.33. The SMILES string of the molecule is COC(=O)C(CO)NC(=O)c1cc(=O)[nH]c(=O)[nH]1. The molecule has 0 aliphatic heterocycles. The maximum Gasteiger partial charge on any atom is 0.330 e. The summed E-state index contributed by atoms with van der Waals surface area (Å²) >= 11 is 0. The first-order valence-electron chi connectivity index (χ1n) is 4.81. The van der Waals surface area contributed by atoms with Gasteiger partial charge >= 0.3 is 11.7 Å². The summed E-state index contributed by atoms with van der Waals surface area (Å²) in [6.07, 6.45) is 0. The van der Waals surface area contributed by atoms with Crippen LogP contribution in [0, 0.1) is 0 Å². The van der Waals surface area contributed by atoms with E-state index in [9.17, 15) is 19.2 Å². The molecule has 98 valence electrons. The smallest absolute Gasteiger partial charge is 0.330 e. The fraction of sp³-hybridized carbons (Fsp3) is 0.333. The number of esters is 1. The number of H-pyrrole nitrogens is 2. The molecule has 0 bridgehead atoms. The van der Waals surface area contributed by atoms with Gasteiger partial charge in [0.15, 0.2) is 6.04 Å². The molecule has 1 aromatic rings. The van der Waals surface area contributed by atoms with Gasteiger partial charge in [-0.25, -0.2) is 9.59 Å². The zero-order valence-corrected chi connectivity index (χ0v) is 9.35. The normalized spacial score (nSPS) is 11.7. The molecule has 0 fully saturated rings. The highest BCUT2D eigenvalue weighted by Crippen LogP contribution is 1.91. The van der Waals surface area contributed by atoms with Crippen LogP contribution in [0.25, 0.3) is 0 Å². The fourth-order valence-corrected chi connectivity index (χ4v) is 1.15. The molecule has 1 aromatic heterocycles. The summed E-state index contributed by atoms with van der Waals surface area (Å²) in [7, 11) is 1.09. The Labute approximate surface area is 99.8 Å². The number of hydrogen-bond acceptors (Lipinski definition) is 6. The number of methoxy groups -OCH3 is 1. The quantitative estimate of drug-likeness (QED) is 0.433. The molecule has 0 saturated carbocycles. The second-order valence-corrected chi connectivity index (χ2v) is 3.23. The van der Waals surface area contributed by atoms with Crippen molar-refractivity contribution in [3.63, 3.8) is 0 Å². The van der Waals surface area contributed by atoms with E-state index < -0.39 is 35.8 Å². The zero-order valence-electron chi connectivity index (χ0n) is 9.35. The molecule has 0 spiro atoms. The van der Waals surface area contributed by atoms with Crippen molar-refractivity contribution >= 4 is 11.9 Å². The van der Waals surface area contributed by atoms with E-state index in [0.717, 1.165) is 13.2 Å². The first kappa shape index (κ1) is 13.6. The lowest BCUT2D eigenvalue weighted by Crippen LogP contribution is -2.45. The Bertz CT molecular complexity index is 532.